The van der Waals surface area contributed by atoms with Crippen molar-refractivity contribution in [2.45, 2.75) is 5.16 Å². The maximum atomic E-state index is 12.3. The van der Waals surface area contributed by atoms with Crippen LogP contribution in [0.4, 0.5) is 5.69 Å². The average molecular weight is 367 g/mol. The van der Waals surface area contributed by atoms with Gasteiger partial charge >= 0.3 is 0 Å². The number of benzene rings is 2. The van der Waals surface area contributed by atoms with Gasteiger partial charge in [0.25, 0.3) is 0 Å². The predicted molar refractivity (Wildman–Crippen MR) is 103 cm³/mol. The summed E-state index contributed by atoms with van der Waals surface area (Å²) in [5.74, 6) is 0.720. The number of aryl methyl sites for hydroxylation is 1. The number of imidazole rings is 1. The minimum absolute atomic E-state index is 0.133. The van der Waals surface area contributed by atoms with Gasteiger partial charge in [-0.15, -0.1) is 0 Å². The summed E-state index contributed by atoms with van der Waals surface area (Å²) >= 11 is 1.38. The molecule has 0 fully saturated rings. The van der Waals surface area contributed by atoms with E-state index in [2.05, 4.69) is 10.3 Å². The molecule has 0 aliphatic rings. The molecule has 0 radical (unpaired) electrons. The molecule has 0 bridgehead atoms. The molecule has 26 heavy (non-hydrogen) atoms. The summed E-state index contributed by atoms with van der Waals surface area (Å²) < 4.78 is 13.2. The molecule has 0 atom stereocenters. The predicted octanol–water partition coefficient (Wildman–Crippen LogP) is 4.06. The van der Waals surface area contributed by atoms with E-state index in [1.54, 1.807) is 19.4 Å². The molecule has 1 N–H and O–H groups in total. The number of aromatic nitrogens is 2. The second kappa shape index (κ2) is 6.76. The first-order valence-corrected chi connectivity index (χ1v) is 9.03. The zero-order valence-corrected chi connectivity index (χ0v) is 15.2. The maximum Gasteiger partial charge on any atom is 0.234 e. The van der Waals surface area contributed by atoms with E-state index in [9.17, 15) is 4.79 Å². The Kier molecular flexibility index (Phi) is 4.30. The highest BCUT2D eigenvalue weighted by molar-refractivity contribution is 7.99. The number of ether oxygens (including phenoxy) is 1. The van der Waals surface area contributed by atoms with Crippen molar-refractivity contribution < 1.29 is 13.9 Å². The van der Waals surface area contributed by atoms with Gasteiger partial charge in [0.2, 0.25) is 5.91 Å². The minimum atomic E-state index is -0.133. The van der Waals surface area contributed by atoms with E-state index in [1.807, 2.05) is 48.1 Å². The lowest BCUT2D eigenvalue weighted by Gasteiger charge is -2.10. The average Bonchev–Trinajstić information content (AvgIpc) is 3.21. The number of methoxy groups -OCH3 is 1. The van der Waals surface area contributed by atoms with Crippen LogP contribution in [-0.2, 0) is 11.8 Å². The summed E-state index contributed by atoms with van der Waals surface area (Å²) in [6.07, 6.45) is 3.55. The number of carbonyl (C=O) groups excluding carboxylic acids is 1. The van der Waals surface area contributed by atoms with E-state index in [0.29, 0.717) is 17.0 Å². The number of fused-ring (bicyclic) bond motifs is 3. The number of thioether (sulfide) groups is 1. The molecule has 4 rings (SSSR count). The van der Waals surface area contributed by atoms with Crippen molar-refractivity contribution in [2.24, 2.45) is 7.05 Å². The molecule has 2 aromatic heterocycles. The molecule has 0 aliphatic heterocycles. The highest BCUT2D eigenvalue weighted by atomic mass is 32.2. The second-order valence-electron chi connectivity index (χ2n) is 5.80. The lowest BCUT2D eigenvalue weighted by molar-refractivity contribution is -0.113. The zero-order valence-electron chi connectivity index (χ0n) is 14.4. The molecule has 6 nitrogen and oxygen atoms in total. The molecule has 2 heterocycles. The quantitative estimate of drug-likeness (QED) is 0.539. The lowest BCUT2D eigenvalue weighted by atomic mass is 10.1. The van der Waals surface area contributed by atoms with Crippen molar-refractivity contribution in [1.29, 1.82) is 0 Å². The molecule has 2 aromatic carbocycles. The van der Waals surface area contributed by atoms with Crippen LogP contribution in [0.3, 0.4) is 0 Å². The Hall–Kier alpha value is -2.93. The number of anilines is 1. The molecule has 0 spiro atoms. The normalized spacial score (nSPS) is 11.2. The van der Waals surface area contributed by atoms with Gasteiger partial charge in [0.15, 0.2) is 5.16 Å². The number of furan rings is 1. The van der Waals surface area contributed by atoms with E-state index >= 15 is 0 Å². The van der Waals surface area contributed by atoms with Crippen LogP contribution in [-0.4, -0.2) is 28.3 Å². The molecular weight excluding hydrogens is 350 g/mol. The monoisotopic (exact) mass is 367 g/mol. The van der Waals surface area contributed by atoms with Gasteiger partial charge in [-0.2, -0.15) is 0 Å². The first kappa shape index (κ1) is 16.5. The van der Waals surface area contributed by atoms with Crippen LogP contribution in [0.5, 0.6) is 5.75 Å². The molecule has 4 aromatic rings. The van der Waals surface area contributed by atoms with Crippen molar-refractivity contribution in [1.82, 2.24) is 9.55 Å². The summed E-state index contributed by atoms with van der Waals surface area (Å²) in [5, 5.41) is 5.66. The van der Waals surface area contributed by atoms with E-state index in [1.165, 1.54) is 11.8 Å². The van der Waals surface area contributed by atoms with Crippen LogP contribution < -0.4 is 10.1 Å². The Morgan fingerprint density at radius 1 is 1.27 bits per heavy atom. The molecule has 0 saturated heterocycles. The number of amides is 1. The molecule has 0 unspecified atom stereocenters. The number of nitrogens with zero attached hydrogens (tertiary/aromatic N) is 2. The Morgan fingerprint density at radius 2 is 2.12 bits per heavy atom. The first-order chi connectivity index (χ1) is 12.7. The van der Waals surface area contributed by atoms with Crippen LogP contribution in [0.15, 0.2) is 58.4 Å². The van der Waals surface area contributed by atoms with Gasteiger partial charge in [0.1, 0.15) is 16.9 Å². The Bertz CT molecular complexity index is 1100. The summed E-state index contributed by atoms with van der Waals surface area (Å²) in [4.78, 5) is 16.5. The summed E-state index contributed by atoms with van der Waals surface area (Å²) in [6.45, 7) is 0. The fourth-order valence-electron chi connectivity index (χ4n) is 2.83. The number of carbonyl (C=O) groups is 1. The van der Waals surface area contributed by atoms with Crippen LogP contribution in [0.25, 0.3) is 21.9 Å². The van der Waals surface area contributed by atoms with Gasteiger partial charge in [0, 0.05) is 36.3 Å². The van der Waals surface area contributed by atoms with Crippen molar-refractivity contribution in [3.8, 4) is 5.75 Å². The van der Waals surface area contributed by atoms with Gasteiger partial charge in [-0.1, -0.05) is 30.0 Å². The highest BCUT2D eigenvalue weighted by Crippen LogP contribution is 2.36. The fourth-order valence-corrected chi connectivity index (χ4v) is 3.56. The number of para-hydroxylation sites is 1. The van der Waals surface area contributed by atoms with E-state index in [4.69, 9.17) is 9.15 Å². The molecule has 0 saturated carbocycles. The minimum Gasteiger partial charge on any atom is -0.495 e. The summed E-state index contributed by atoms with van der Waals surface area (Å²) in [6, 6.07) is 11.5. The Labute approximate surface area is 154 Å². The van der Waals surface area contributed by atoms with E-state index < -0.39 is 0 Å². The SMILES string of the molecule is COc1cc2c(cc1NC(=O)CSc1nccn1C)oc1ccccc12. The molecule has 132 valence electrons. The Morgan fingerprint density at radius 3 is 2.88 bits per heavy atom. The third kappa shape index (κ3) is 3.01. The largest absolute Gasteiger partial charge is 0.495 e. The highest BCUT2D eigenvalue weighted by Gasteiger charge is 2.14. The third-order valence-electron chi connectivity index (χ3n) is 4.08. The van der Waals surface area contributed by atoms with Gasteiger partial charge < -0.3 is 19.0 Å². The van der Waals surface area contributed by atoms with Gasteiger partial charge in [-0.3, -0.25) is 4.79 Å². The van der Waals surface area contributed by atoms with Crippen molar-refractivity contribution in [3.63, 3.8) is 0 Å². The standard InChI is InChI=1S/C19H17N3O3S/c1-22-8-7-20-19(22)26-11-18(23)21-14-10-16-13(9-17(14)24-2)12-5-3-4-6-15(12)25-16/h3-10H,11H2,1-2H3,(H,21,23). The van der Waals surface area contributed by atoms with E-state index in [0.717, 1.165) is 21.5 Å². The third-order valence-corrected chi connectivity index (χ3v) is 5.14. The zero-order chi connectivity index (χ0) is 18.1. The van der Waals surface area contributed by atoms with Gasteiger partial charge in [0.05, 0.1) is 18.6 Å². The summed E-state index contributed by atoms with van der Waals surface area (Å²) in [7, 11) is 3.48. The Balaban J connectivity index is 1.59. The summed E-state index contributed by atoms with van der Waals surface area (Å²) in [5.41, 5.74) is 2.10. The number of rotatable bonds is 5. The van der Waals surface area contributed by atoms with Crippen LogP contribution in [0, 0.1) is 0 Å². The molecule has 7 heteroatoms. The lowest BCUT2D eigenvalue weighted by Crippen LogP contribution is -2.15. The van der Waals surface area contributed by atoms with Crippen LogP contribution in [0.1, 0.15) is 0 Å². The fraction of sp³-hybridized carbons (Fsp3) is 0.158. The smallest absolute Gasteiger partial charge is 0.234 e. The van der Waals surface area contributed by atoms with Crippen LogP contribution in [0.2, 0.25) is 0 Å². The molecular formula is C19H17N3O3S. The molecule has 1 amide bonds. The topological polar surface area (TPSA) is 69.3 Å². The van der Waals surface area contributed by atoms with E-state index in [-0.39, 0.29) is 11.7 Å². The van der Waals surface area contributed by atoms with Gasteiger partial charge in [-0.05, 0) is 12.1 Å². The number of hydrogen-bond donors (Lipinski definition) is 1. The number of nitrogens with one attached hydrogen (secondary N) is 1. The van der Waals surface area contributed by atoms with Gasteiger partial charge in [-0.25, -0.2) is 4.98 Å². The van der Waals surface area contributed by atoms with Crippen molar-refractivity contribution in [3.05, 3.63) is 48.8 Å². The number of hydrogen-bond acceptors (Lipinski definition) is 5. The van der Waals surface area contributed by atoms with Crippen molar-refractivity contribution >= 4 is 45.3 Å². The van der Waals surface area contributed by atoms with Crippen LogP contribution >= 0.6 is 11.8 Å². The van der Waals surface area contributed by atoms with Crippen molar-refractivity contribution in [2.75, 3.05) is 18.2 Å². The second-order valence-corrected chi connectivity index (χ2v) is 6.75. The first-order valence-electron chi connectivity index (χ1n) is 8.05. The molecule has 0 aliphatic carbocycles. The maximum absolute atomic E-state index is 12.3.